The van der Waals surface area contributed by atoms with Crippen molar-refractivity contribution in [1.82, 2.24) is 14.7 Å². The Hall–Kier alpha value is -2.50. The lowest BCUT2D eigenvalue weighted by molar-refractivity contribution is -0.141. The Kier molecular flexibility index (Phi) is 6.30. The van der Waals surface area contributed by atoms with Gasteiger partial charge in [-0.3, -0.25) is 24.3 Å². The molecule has 2 aliphatic rings. The largest absolute Gasteiger partial charge is 0.297 e. The molecular formula is C25H31N3O2. The standard InChI is InChI=1S/C25H31N3O2/c1-19(2)21-10-8-20(9-11-21)17-26-12-14-27(15-13-26)18-28-24(29)16-23(25(28)30)22-6-4-3-5-7-22/h3-11,19,23H,12-18H2,1-2H3/t23-/m0/s1. The van der Waals surface area contributed by atoms with Crippen molar-refractivity contribution in [3.05, 3.63) is 71.3 Å². The third-order valence-corrected chi connectivity index (χ3v) is 6.30. The van der Waals surface area contributed by atoms with Crippen molar-refractivity contribution >= 4 is 11.8 Å². The van der Waals surface area contributed by atoms with Crippen LogP contribution in [0.2, 0.25) is 0 Å². The minimum atomic E-state index is -0.325. The number of amides is 2. The summed E-state index contributed by atoms with van der Waals surface area (Å²) in [4.78, 5) is 31.5. The molecule has 0 N–H and O–H groups in total. The van der Waals surface area contributed by atoms with Crippen LogP contribution in [0.4, 0.5) is 0 Å². The minimum Gasteiger partial charge on any atom is -0.297 e. The van der Waals surface area contributed by atoms with Gasteiger partial charge in [0.2, 0.25) is 11.8 Å². The fraction of sp³-hybridized carbons (Fsp3) is 0.440. The molecule has 0 aromatic heterocycles. The van der Waals surface area contributed by atoms with E-state index in [0.717, 1.165) is 38.3 Å². The van der Waals surface area contributed by atoms with E-state index in [0.29, 0.717) is 12.6 Å². The first-order valence-corrected chi connectivity index (χ1v) is 10.9. The maximum atomic E-state index is 12.8. The predicted octanol–water partition coefficient (Wildman–Crippen LogP) is 3.43. The van der Waals surface area contributed by atoms with E-state index in [1.807, 2.05) is 30.3 Å². The van der Waals surface area contributed by atoms with Crippen LogP contribution < -0.4 is 0 Å². The van der Waals surface area contributed by atoms with E-state index in [1.165, 1.54) is 16.0 Å². The smallest absolute Gasteiger partial charge is 0.238 e. The van der Waals surface area contributed by atoms with Gasteiger partial charge in [-0.1, -0.05) is 68.4 Å². The molecule has 2 heterocycles. The average molecular weight is 406 g/mol. The number of rotatable bonds is 6. The summed E-state index contributed by atoms with van der Waals surface area (Å²) >= 11 is 0. The maximum Gasteiger partial charge on any atom is 0.238 e. The summed E-state index contributed by atoms with van der Waals surface area (Å²) in [5.74, 6) is 0.120. The highest BCUT2D eigenvalue weighted by molar-refractivity contribution is 6.06. The zero-order chi connectivity index (χ0) is 21.1. The highest BCUT2D eigenvalue weighted by atomic mass is 16.2. The molecule has 2 aromatic carbocycles. The van der Waals surface area contributed by atoms with Crippen molar-refractivity contribution in [2.75, 3.05) is 32.8 Å². The van der Waals surface area contributed by atoms with Crippen LogP contribution in [0.15, 0.2) is 54.6 Å². The Morgan fingerprint density at radius 1 is 0.867 bits per heavy atom. The maximum absolute atomic E-state index is 12.8. The second kappa shape index (κ2) is 9.11. The molecule has 0 saturated carbocycles. The van der Waals surface area contributed by atoms with E-state index in [-0.39, 0.29) is 24.2 Å². The molecule has 0 bridgehead atoms. The Labute approximate surface area is 179 Å². The number of hydrogen-bond acceptors (Lipinski definition) is 4. The molecule has 1 atom stereocenters. The molecule has 0 radical (unpaired) electrons. The van der Waals surface area contributed by atoms with Gasteiger partial charge in [0.05, 0.1) is 12.6 Å². The first kappa shape index (κ1) is 20.8. The number of imide groups is 1. The number of nitrogens with zero attached hydrogens (tertiary/aromatic N) is 3. The fourth-order valence-electron chi connectivity index (χ4n) is 4.33. The van der Waals surface area contributed by atoms with Gasteiger partial charge in [-0.25, -0.2) is 0 Å². The fourth-order valence-corrected chi connectivity index (χ4v) is 4.33. The number of piperazine rings is 1. The first-order valence-electron chi connectivity index (χ1n) is 10.9. The van der Waals surface area contributed by atoms with Crippen molar-refractivity contribution in [2.24, 2.45) is 0 Å². The molecule has 158 valence electrons. The van der Waals surface area contributed by atoms with E-state index in [1.54, 1.807) is 0 Å². The summed E-state index contributed by atoms with van der Waals surface area (Å²) in [5.41, 5.74) is 3.65. The Morgan fingerprint density at radius 2 is 1.50 bits per heavy atom. The number of carbonyl (C=O) groups is 2. The van der Waals surface area contributed by atoms with Gasteiger partial charge in [0.1, 0.15) is 0 Å². The Balaban J connectivity index is 1.28. The second-order valence-electron chi connectivity index (χ2n) is 8.76. The lowest BCUT2D eigenvalue weighted by Gasteiger charge is -2.36. The summed E-state index contributed by atoms with van der Waals surface area (Å²) in [6, 6.07) is 18.6. The monoisotopic (exact) mass is 405 g/mol. The molecule has 4 rings (SSSR count). The van der Waals surface area contributed by atoms with Crippen LogP contribution in [0.5, 0.6) is 0 Å². The van der Waals surface area contributed by atoms with Gasteiger partial charge in [-0.2, -0.15) is 0 Å². The van der Waals surface area contributed by atoms with E-state index >= 15 is 0 Å². The van der Waals surface area contributed by atoms with Crippen molar-refractivity contribution in [2.45, 2.75) is 38.6 Å². The summed E-state index contributed by atoms with van der Waals surface area (Å²) in [6.07, 6.45) is 0.287. The molecule has 0 aliphatic carbocycles. The molecule has 2 saturated heterocycles. The Morgan fingerprint density at radius 3 is 2.13 bits per heavy atom. The second-order valence-corrected chi connectivity index (χ2v) is 8.76. The van der Waals surface area contributed by atoms with Crippen LogP contribution in [0.1, 0.15) is 48.8 Å². The highest BCUT2D eigenvalue weighted by Crippen LogP contribution is 2.29. The van der Waals surface area contributed by atoms with E-state index in [4.69, 9.17) is 0 Å². The molecule has 30 heavy (non-hydrogen) atoms. The van der Waals surface area contributed by atoms with Crippen molar-refractivity contribution in [3.8, 4) is 0 Å². The van der Waals surface area contributed by atoms with Crippen molar-refractivity contribution in [3.63, 3.8) is 0 Å². The molecule has 2 amide bonds. The summed E-state index contributed by atoms with van der Waals surface area (Å²) in [7, 11) is 0. The third kappa shape index (κ3) is 4.63. The number of likely N-dealkylation sites (tertiary alicyclic amines) is 1. The van der Waals surface area contributed by atoms with Crippen LogP contribution in [-0.4, -0.2) is 59.4 Å². The van der Waals surface area contributed by atoms with Gasteiger partial charge in [0, 0.05) is 39.1 Å². The number of benzene rings is 2. The molecule has 2 aliphatic heterocycles. The summed E-state index contributed by atoms with van der Waals surface area (Å²) in [6.45, 7) is 9.43. The first-order chi connectivity index (χ1) is 14.5. The van der Waals surface area contributed by atoms with Crippen LogP contribution in [0.25, 0.3) is 0 Å². The topological polar surface area (TPSA) is 43.9 Å². The van der Waals surface area contributed by atoms with Gasteiger partial charge in [-0.15, -0.1) is 0 Å². The number of carbonyl (C=O) groups excluding carboxylic acids is 2. The average Bonchev–Trinajstić information content (AvgIpc) is 3.04. The van der Waals surface area contributed by atoms with Gasteiger partial charge in [-0.05, 0) is 22.6 Å². The molecular weight excluding hydrogens is 374 g/mol. The van der Waals surface area contributed by atoms with Crippen LogP contribution in [0, 0.1) is 0 Å². The van der Waals surface area contributed by atoms with Gasteiger partial charge >= 0.3 is 0 Å². The molecule has 2 aromatic rings. The van der Waals surface area contributed by atoms with Crippen LogP contribution in [-0.2, 0) is 16.1 Å². The SMILES string of the molecule is CC(C)c1ccc(CN2CCN(CN3C(=O)C[C@@H](c4ccccc4)C3=O)CC2)cc1. The van der Waals surface area contributed by atoms with Crippen molar-refractivity contribution < 1.29 is 9.59 Å². The molecule has 0 spiro atoms. The zero-order valence-corrected chi connectivity index (χ0v) is 18.0. The molecule has 2 fully saturated rings. The normalized spacial score (nSPS) is 21.0. The summed E-state index contributed by atoms with van der Waals surface area (Å²) in [5, 5.41) is 0. The lowest BCUT2D eigenvalue weighted by atomic mass is 9.98. The van der Waals surface area contributed by atoms with Crippen molar-refractivity contribution in [1.29, 1.82) is 0 Å². The predicted molar refractivity (Wildman–Crippen MR) is 118 cm³/mol. The molecule has 0 unspecified atom stereocenters. The molecule has 5 heteroatoms. The van der Waals surface area contributed by atoms with E-state index < -0.39 is 0 Å². The highest BCUT2D eigenvalue weighted by Gasteiger charge is 2.40. The third-order valence-electron chi connectivity index (χ3n) is 6.30. The van der Waals surface area contributed by atoms with Gasteiger partial charge < -0.3 is 0 Å². The lowest BCUT2D eigenvalue weighted by Crippen LogP contribution is -2.50. The molecule has 5 nitrogen and oxygen atoms in total. The zero-order valence-electron chi connectivity index (χ0n) is 18.0. The van der Waals surface area contributed by atoms with Gasteiger partial charge in [0.15, 0.2) is 0 Å². The summed E-state index contributed by atoms with van der Waals surface area (Å²) < 4.78 is 0. The van der Waals surface area contributed by atoms with Crippen LogP contribution >= 0.6 is 0 Å². The van der Waals surface area contributed by atoms with E-state index in [2.05, 4.69) is 47.9 Å². The van der Waals surface area contributed by atoms with Gasteiger partial charge in [0.25, 0.3) is 0 Å². The van der Waals surface area contributed by atoms with Crippen LogP contribution in [0.3, 0.4) is 0 Å². The minimum absolute atomic E-state index is 0.0541. The number of hydrogen-bond donors (Lipinski definition) is 0. The quantitative estimate of drug-likeness (QED) is 0.691. The van der Waals surface area contributed by atoms with E-state index in [9.17, 15) is 9.59 Å². The Bertz CT molecular complexity index is 871.